The van der Waals surface area contributed by atoms with Crippen molar-refractivity contribution in [1.29, 1.82) is 0 Å². The summed E-state index contributed by atoms with van der Waals surface area (Å²) in [5.74, 6) is 0. The van der Waals surface area contributed by atoms with Crippen molar-refractivity contribution >= 4 is 66.6 Å². The highest BCUT2D eigenvalue weighted by Crippen LogP contribution is 2.38. The molecule has 0 radical (unpaired) electrons. The molecule has 0 bridgehead atoms. The van der Waals surface area contributed by atoms with Crippen molar-refractivity contribution in [3.8, 4) is 0 Å². The Bertz CT molecular complexity index is 1180. The summed E-state index contributed by atoms with van der Waals surface area (Å²) in [5.41, 5.74) is -1.08. The zero-order valence-corrected chi connectivity index (χ0v) is 24.0. The van der Waals surface area contributed by atoms with E-state index in [1.54, 1.807) is 22.7 Å². The molecule has 8 heteroatoms. The maximum Gasteiger partial charge on any atom is 0.505 e. The minimum atomic E-state index is -0.270. The van der Waals surface area contributed by atoms with E-state index in [2.05, 4.69) is 116 Å². The van der Waals surface area contributed by atoms with Crippen LogP contribution in [0.1, 0.15) is 55.4 Å². The molecule has 0 N–H and O–H groups in total. The number of fused-ring (bicyclic) bond motifs is 2. The Hall–Kier alpha value is -1.67. The van der Waals surface area contributed by atoms with E-state index in [-0.39, 0.29) is 36.6 Å². The average molecular weight is 520 g/mol. The van der Waals surface area contributed by atoms with Crippen LogP contribution >= 0.6 is 22.7 Å². The second-order valence-corrected chi connectivity index (χ2v) is 13.8. The quantitative estimate of drug-likeness (QED) is 0.287. The van der Waals surface area contributed by atoms with Gasteiger partial charge < -0.3 is 18.6 Å². The molecule has 6 rings (SSSR count). The van der Waals surface area contributed by atoms with Crippen LogP contribution in [0, 0.1) is 0 Å². The second kappa shape index (κ2) is 8.97. The molecule has 188 valence electrons. The predicted molar refractivity (Wildman–Crippen MR) is 155 cm³/mol. The largest absolute Gasteiger partial charge is 0.505 e. The van der Waals surface area contributed by atoms with Crippen molar-refractivity contribution in [1.82, 2.24) is 0 Å². The lowest BCUT2D eigenvalue weighted by Crippen LogP contribution is -2.41. The van der Waals surface area contributed by atoms with Crippen molar-refractivity contribution in [3.63, 3.8) is 0 Å². The smallest absolute Gasteiger partial charge is 0.399 e. The SMILES string of the molecule is CC1(C)OB(c2cc3ccccc3s2)OC1(C)C.CC1(C)OB(c2cc3ccccc3s2)OC1(C)C. The highest BCUT2D eigenvalue weighted by molar-refractivity contribution is 7.28. The van der Waals surface area contributed by atoms with Crippen molar-refractivity contribution in [2.45, 2.75) is 77.8 Å². The Morgan fingerprint density at radius 3 is 1.11 bits per heavy atom. The summed E-state index contributed by atoms with van der Waals surface area (Å²) in [7, 11) is -0.486. The minimum absolute atomic E-state index is 0.243. The van der Waals surface area contributed by atoms with Crippen LogP contribution < -0.4 is 9.55 Å². The van der Waals surface area contributed by atoms with Crippen LogP contribution in [0.4, 0.5) is 0 Å². The third-order valence-corrected chi connectivity index (χ3v) is 10.1. The third kappa shape index (κ3) is 4.68. The highest BCUT2D eigenvalue weighted by atomic mass is 32.1. The predicted octanol–water partition coefficient (Wildman–Crippen LogP) is 6.40. The molecule has 0 unspecified atom stereocenters. The van der Waals surface area contributed by atoms with Crippen molar-refractivity contribution in [3.05, 3.63) is 60.7 Å². The maximum atomic E-state index is 6.07. The first-order chi connectivity index (χ1) is 16.8. The number of rotatable bonds is 2. The maximum absolute atomic E-state index is 6.07. The van der Waals surface area contributed by atoms with Gasteiger partial charge in [0.15, 0.2) is 0 Å². The fourth-order valence-electron chi connectivity index (χ4n) is 4.16. The molecule has 0 spiro atoms. The molecule has 2 aromatic carbocycles. The van der Waals surface area contributed by atoms with Crippen LogP contribution in [0.3, 0.4) is 0 Å². The van der Waals surface area contributed by atoms with E-state index in [4.69, 9.17) is 18.6 Å². The summed E-state index contributed by atoms with van der Waals surface area (Å²) in [6.45, 7) is 16.7. The lowest BCUT2D eigenvalue weighted by molar-refractivity contribution is 0.00578. The van der Waals surface area contributed by atoms with Crippen LogP contribution in [0.2, 0.25) is 0 Å². The van der Waals surface area contributed by atoms with Gasteiger partial charge in [0.05, 0.1) is 22.4 Å². The zero-order chi connectivity index (χ0) is 25.9. The summed E-state index contributed by atoms with van der Waals surface area (Å²) in [4.78, 5) is 0. The van der Waals surface area contributed by atoms with Crippen molar-refractivity contribution < 1.29 is 18.6 Å². The topological polar surface area (TPSA) is 36.9 Å². The molecule has 0 aliphatic carbocycles. The van der Waals surface area contributed by atoms with Gasteiger partial charge in [-0.25, -0.2) is 0 Å². The summed E-state index contributed by atoms with van der Waals surface area (Å²) in [6.07, 6.45) is 0. The molecule has 2 aromatic heterocycles. The van der Waals surface area contributed by atoms with Crippen LogP contribution in [-0.4, -0.2) is 36.6 Å². The van der Waals surface area contributed by atoms with E-state index in [0.29, 0.717) is 0 Å². The molecule has 2 aliphatic rings. The molecule has 2 aliphatic heterocycles. The van der Waals surface area contributed by atoms with Gasteiger partial charge in [-0.1, -0.05) is 36.4 Å². The van der Waals surface area contributed by atoms with E-state index < -0.39 is 0 Å². The van der Waals surface area contributed by atoms with E-state index >= 15 is 0 Å². The first kappa shape index (κ1) is 26.0. The normalized spacial score (nSPS) is 21.7. The lowest BCUT2D eigenvalue weighted by atomic mass is 9.87. The van der Waals surface area contributed by atoms with E-state index in [9.17, 15) is 0 Å². The van der Waals surface area contributed by atoms with Gasteiger partial charge in [0.2, 0.25) is 0 Å². The average Bonchev–Trinajstić information content (AvgIpc) is 3.50. The highest BCUT2D eigenvalue weighted by Gasteiger charge is 2.53. The first-order valence-corrected chi connectivity index (χ1v) is 14.1. The number of hydrogen-bond acceptors (Lipinski definition) is 6. The third-order valence-electron chi connectivity index (χ3n) is 7.86. The van der Waals surface area contributed by atoms with Gasteiger partial charge in [-0.05, 0) is 90.4 Å². The van der Waals surface area contributed by atoms with Crippen LogP contribution in [-0.2, 0) is 18.6 Å². The van der Waals surface area contributed by atoms with E-state index in [1.807, 2.05) is 0 Å². The van der Waals surface area contributed by atoms with Gasteiger partial charge in [-0.15, -0.1) is 22.7 Å². The molecular weight excluding hydrogens is 486 g/mol. The molecule has 4 heterocycles. The monoisotopic (exact) mass is 520 g/mol. The Morgan fingerprint density at radius 1 is 0.500 bits per heavy atom. The molecule has 2 fully saturated rings. The van der Waals surface area contributed by atoms with Gasteiger partial charge >= 0.3 is 14.2 Å². The molecule has 0 saturated carbocycles. The van der Waals surface area contributed by atoms with Crippen molar-refractivity contribution in [2.75, 3.05) is 0 Å². The molecule has 2 saturated heterocycles. The van der Waals surface area contributed by atoms with Gasteiger partial charge in [0.25, 0.3) is 0 Å². The first-order valence-electron chi connectivity index (χ1n) is 12.5. The van der Waals surface area contributed by atoms with Gasteiger partial charge in [0, 0.05) is 19.0 Å². The number of hydrogen-bond donors (Lipinski definition) is 0. The molecule has 4 nitrogen and oxygen atoms in total. The fraction of sp³-hybridized carbons (Fsp3) is 0.429. The standard InChI is InChI=1S/2C14H17BO2S/c2*1-13(2)14(3,4)17-15(16-13)12-9-10-7-5-6-8-11(10)18-12/h2*5-9H,1-4H3. The van der Waals surface area contributed by atoms with E-state index in [1.165, 1.54) is 20.2 Å². The van der Waals surface area contributed by atoms with Crippen molar-refractivity contribution in [2.24, 2.45) is 0 Å². The fourth-order valence-corrected chi connectivity index (χ4v) is 6.20. The molecule has 4 aromatic rings. The van der Waals surface area contributed by atoms with Crippen LogP contribution in [0.5, 0.6) is 0 Å². The number of benzene rings is 2. The molecular formula is C28H34B2O4S2. The van der Waals surface area contributed by atoms with Crippen LogP contribution in [0.25, 0.3) is 20.2 Å². The van der Waals surface area contributed by atoms with Crippen LogP contribution in [0.15, 0.2) is 60.7 Å². The van der Waals surface area contributed by atoms with E-state index in [0.717, 1.165) is 9.55 Å². The minimum Gasteiger partial charge on any atom is -0.399 e. The van der Waals surface area contributed by atoms with Gasteiger partial charge in [-0.2, -0.15) is 0 Å². The molecule has 0 amide bonds. The lowest BCUT2D eigenvalue weighted by Gasteiger charge is -2.32. The Labute approximate surface area is 223 Å². The molecule has 36 heavy (non-hydrogen) atoms. The summed E-state index contributed by atoms with van der Waals surface area (Å²) < 4.78 is 29.1. The Kier molecular flexibility index (Phi) is 6.47. The number of thiophene rings is 2. The summed E-state index contributed by atoms with van der Waals surface area (Å²) in [6, 6.07) is 21.1. The zero-order valence-electron chi connectivity index (χ0n) is 22.4. The van der Waals surface area contributed by atoms with Gasteiger partial charge in [0.1, 0.15) is 0 Å². The van der Waals surface area contributed by atoms with Gasteiger partial charge in [-0.3, -0.25) is 0 Å². The Balaban J connectivity index is 0.000000148. The molecule has 0 atom stereocenters. The Morgan fingerprint density at radius 2 is 0.806 bits per heavy atom. The summed E-state index contributed by atoms with van der Waals surface area (Å²) >= 11 is 3.49. The second-order valence-electron chi connectivity index (χ2n) is 11.5. The summed E-state index contributed by atoms with van der Waals surface area (Å²) in [5, 5.41) is 2.51.